The molecule has 18 heavy (non-hydrogen) atoms. The number of carbonyl (C=O) groups is 1. The molecule has 0 aliphatic carbocycles. The van der Waals surface area contributed by atoms with Gasteiger partial charge in [0.15, 0.2) is 17.2 Å². The number of esters is 1. The Morgan fingerprint density at radius 2 is 1.94 bits per heavy atom. The molecule has 1 aromatic rings. The maximum atomic E-state index is 12.1. The van der Waals surface area contributed by atoms with Crippen molar-refractivity contribution in [3.63, 3.8) is 0 Å². The molecular formula is C10H10F3NO4. The summed E-state index contributed by atoms with van der Waals surface area (Å²) in [4.78, 5) is 14.9. The van der Waals surface area contributed by atoms with E-state index in [0.29, 0.717) is 0 Å². The molecule has 0 N–H and O–H groups in total. The van der Waals surface area contributed by atoms with E-state index >= 15 is 0 Å². The van der Waals surface area contributed by atoms with Gasteiger partial charge in [0.05, 0.1) is 20.4 Å². The van der Waals surface area contributed by atoms with Gasteiger partial charge in [-0.3, -0.25) is 0 Å². The molecule has 1 aromatic heterocycles. The van der Waals surface area contributed by atoms with Crippen molar-refractivity contribution in [2.24, 2.45) is 0 Å². The number of hydrogen-bond acceptors (Lipinski definition) is 5. The standard InChI is InChI=1S/C10H10F3NO4/c1-5-6(18-10(11,12)13)4-14-7(8(5)16-2)9(15)17-3/h4H,1-3H3. The van der Waals surface area contributed by atoms with Crippen molar-refractivity contribution in [2.45, 2.75) is 13.3 Å². The Labute approximate surface area is 100 Å². The predicted octanol–water partition coefficient (Wildman–Crippen LogP) is 2.08. The van der Waals surface area contributed by atoms with Crippen LogP contribution < -0.4 is 9.47 Å². The van der Waals surface area contributed by atoms with Crippen LogP contribution in [0.1, 0.15) is 16.1 Å². The molecule has 0 atom stereocenters. The molecule has 0 radical (unpaired) electrons. The fourth-order valence-electron chi connectivity index (χ4n) is 1.29. The average molecular weight is 265 g/mol. The Morgan fingerprint density at radius 3 is 2.39 bits per heavy atom. The third kappa shape index (κ3) is 3.02. The number of pyridine rings is 1. The summed E-state index contributed by atoms with van der Waals surface area (Å²) in [6.45, 7) is 1.31. The van der Waals surface area contributed by atoms with Crippen molar-refractivity contribution in [2.75, 3.05) is 14.2 Å². The van der Waals surface area contributed by atoms with Crippen LogP contribution in [0.25, 0.3) is 0 Å². The molecule has 0 unspecified atom stereocenters. The highest BCUT2D eigenvalue weighted by Crippen LogP contribution is 2.33. The lowest BCUT2D eigenvalue weighted by atomic mass is 10.2. The van der Waals surface area contributed by atoms with Crippen LogP contribution >= 0.6 is 0 Å². The molecule has 0 amide bonds. The molecule has 1 heterocycles. The molecule has 8 heteroatoms. The minimum absolute atomic E-state index is 0.00484. The molecule has 5 nitrogen and oxygen atoms in total. The van der Waals surface area contributed by atoms with Crippen LogP contribution in [0.15, 0.2) is 6.20 Å². The SMILES string of the molecule is COC(=O)c1ncc(OC(F)(F)F)c(C)c1OC. The lowest BCUT2D eigenvalue weighted by Crippen LogP contribution is -2.19. The smallest absolute Gasteiger partial charge is 0.494 e. The summed E-state index contributed by atoms with van der Waals surface area (Å²) < 4.78 is 49.3. The number of alkyl halides is 3. The number of halogens is 3. The van der Waals surface area contributed by atoms with E-state index in [1.165, 1.54) is 14.0 Å². The quantitative estimate of drug-likeness (QED) is 0.783. The van der Waals surface area contributed by atoms with Crippen LogP contribution in [0.5, 0.6) is 11.5 Å². The summed E-state index contributed by atoms with van der Waals surface area (Å²) in [7, 11) is 2.33. The van der Waals surface area contributed by atoms with E-state index < -0.39 is 18.1 Å². The monoisotopic (exact) mass is 265 g/mol. The molecule has 0 aliphatic heterocycles. The minimum atomic E-state index is -4.84. The predicted molar refractivity (Wildman–Crippen MR) is 53.5 cm³/mol. The van der Waals surface area contributed by atoms with Crippen LogP contribution in [0.4, 0.5) is 13.2 Å². The number of aromatic nitrogens is 1. The summed E-state index contributed by atoms with van der Waals surface area (Å²) in [6.07, 6.45) is -4.05. The number of nitrogens with zero attached hydrogens (tertiary/aromatic N) is 1. The molecule has 0 bridgehead atoms. The zero-order valence-corrected chi connectivity index (χ0v) is 9.79. The maximum Gasteiger partial charge on any atom is 0.573 e. The lowest BCUT2D eigenvalue weighted by molar-refractivity contribution is -0.275. The highest BCUT2D eigenvalue weighted by molar-refractivity contribution is 5.91. The fraction of sp³-hybridized carbons (Fsp3) is 0.400. The van der Waals surface area contributed by atoms with Crippen LogP contribution in [0.3, 0.4) is 0 Å². The third-order valence-electron chi connectivity index (χ3n) is 2.04. The summed E-state index contributed by atoms with van der Waals surface area (Å²) >= 11 is 0. The van der Waals surface area contributed by atoms with E-state index in [1.54, 1.807) is 0 Å². The minimum Gasteiger partial charge on any atom is -0.494 e. The van der Waals surface area contributed by atoms with Gasteiger partial charge in [-0.2, -0.15) is 0 Å². The number of hydrogen-bond donors (Lipinski definition) is 0. The molecule has 100 valence electrons. The third-order valence-corrected chi connectivity index (χ3v) is 2.04. The first-order valence-corrected chi connectivity index (χ1v) is 4.67. The van der Waals surface area contributed by atoms with Crippen molar-refractivity contribution >= 4 is 5.97 Å². The number of carbonyl (C=O) groups excluding carboxylic acids is 1. The normalized spacial score (nSPS) is 11.0. The Kier molecular flexibility index (Phi) is 4.00. The van der Waals surface area contributed by atoms with E-state index in [-0.39, 0.29) is 17.0 Å². The van der Waals surface area contributed by atoms with Crippen molar-refractivity contribution in [1.82, 2.24) is 4.98 Å². The summed E-state index contributed by atoms with van der Waals surface area (Å²) in [5.41, 5.74) is -0.211. The van der Waals surface area contributed by atoms with Gasteiger partial charge in [-0.15, -0.1) is 13.2 Å². The second-order valence-corrected chi connectivity index (χ2v) is 3.17. The topological polar surface area (TPSA) is 57.7 Å². The van der Waals surface area contributed by atoms with Crippen molar-refractivity contribution in [3.8, 4) is 11.5 Å². The van der Waals surface area contributed by atoms with Crippen molar-refractivity contribution in [1.29, 1.82) is 0 Å². The van der Waals surface area contributed by atoms with Crippen molar-refractivity contribution < 1.29 is 32.2 Å². The highest BCUT2D eigenvalue weighted by atomic mass is 19.4. The first kappa shape index (κ1) is 14.1. The molecule has 0 aromatic carbocycles. The zero-order chi connectivity index (χ0) is 13.9. The Morgan fingerprint density at radius 1 is 1.33 bits per heavy atom. The van der Waals surface area contributed by atoms with E-state index in [0.717, 1.165) is 13.3 Å². The lowest BCUT2D eigenvalue weighted by Gasteiger charge is -2.14. The second-order valence-electron chi connectivity index (χ2n) is 3.17. The largest absolute Gasteiger partial charge is 0.573 e. The summed E-state index contributed by atoms with van der Waals surface area (Å²) in [5.74, 6) is -1.47. The summed E-state index contributed by atoms with van der Waals surface area (Å²) in [6, 6.07) is 0. The van der Waals surface area contributed by atoms with E-state index in [9.17, 15) is 18.0 Å². The van der Waals surface area contributed by atoms with E-state index in [2.05, 4.69) is 14.5 Å². The number of ether oxygens (including phenoxy) is 3. The van der Waals surface area contributed by atoms with E-state index in [4.69, 9.17) is 4.74 Å². The second kappa shape index (κ2) is 5.11. The molecule has 0 spiro atoms. The molecule has 1 rings (SSSR count). The van der Waals surface area contributed by atoms with Gasteiger partial charge in [0, 0.05) is 5.56 Å². The summed E-state index contributed by atoms with van der Waals surface area (Å²) in [5, 5.41) is 0. The van der Waals surface area contributed by atoms with Gasteiger partial charge in [-0.25, -0.2) is 9.78 Å². The zero-order valence-electron chi connectivity index (χ0n) is 9.79. The van der Waals surface area contributed by atoms with Gasteiger partial charge in [0.1, 0.15) is 0 Å². The first-order valence-electron chi connectivity index (χ1n) is 4.67. The first-order chi connectivity index (χ1) is 8.30. The number of rotatable bonds is 3. The Balaban J connectivity index is 3.24. The fourth-order valence-corrected chi connectivity index (χ4v) is 1.29. The Hall–Kier alpha value is -1.99. The van der Waals surface area contributed by atoms with Gasteiger partial charge in [-0.1, -0.05) is 0 Å². The van der Waals surface area contributed by atoms with Gasteiger partial charge in [0.25, 0.3) is 0 Å². The molecule has 0 saturated heterocycles. The average Bonchev–Trinajstić information content (AvgIpc) is 2.28. The highest BCUT2D eigenvalue weighted by Gasteiger charge is 2.33. The molecule has 0 fully saturated rings. The van der Waals surface area contributed by atoms with Gasteiger partial charge in [-0.05, 0) is 6.92 Å². The Bertz CT molecular complexity index is 459. The van der Waals surface area contributed by atoms with E-state index in [1.807, 2.05) is 0 Å². The van der Waals surface area contributed by atoms with Crippen LogP contribution in [0, 0.1) is 6.92 Å². The van der Waals surface area contributed by atoms with Gasteiger partial charge < -0.3 is 14.2 Å². The van der Waals surface area contributed by atoms with Crippen LogP contribution in [-0.2, 0) is 4.74 Å². The van der Waals surface area contributed by atoms with Gasteiger partial charge >= 0.3 is 12.3 Å². The van der Waals surface area contributed by atoms with Crippen LogP contribution in [-0.4, -0.2) is 31.5 Å². The molecule has 0 aliphatic rings. The van der Waals surface area contributed by atoms with Crippen LogP contribution in [0.2, 0.25) is 0 Å². The molecule has 0 saturated carbocycles. The maximum absolute atomic E-state index is 12.1. The number of methoxy groups -OCH3 is 2. The van der Waals surface area contributed by atoms with Crippen molar-refractivity contribution in [3.05, 3.63) is 17.5 Å². The van der Waals surface area contributed by atoms with Gasteiger partial charge in [0.2, 0.25) is 0 Å². The molecular weight excluding hydrogens is 255 g/mol.